The number of aromatic amines is 1. The summed E-state index contributed by atoms with van der Waals surface area (Å²) in [5.41, 5.74) is -1.19. The summed E-state index contributed by atoms with van der Waals surface area (Å²) in [6.45, 7) is 0. The quantitative estimate of drug-likeness (QED) is 0.260. The van der Waals surface area contributed by atoms with Crippen LogP contribution in [0, 0.1) is 0 Å². The lowest BCUT2D eigenvalue weighted by molar-refractivity contribution is -0.141. The van der Waals surface area contributed by atoms with Gasteiger partial charge in [0.1, 0.15) is 11.3 Å². The molecular formula is C26H22ClF6N5O. The molecule has 0 radical (unpaired) electrons. The number of carbonyl (C=O) groups excluding carboxylic acids is 1. The molecule has 1 saturated carbocycles. The van der Waals surface area contributed by atoms with Crippen molar-refractivity contribution in [2.24, 2.45) is 0 Å². The van der Waals surface area contributed by atoms with Crippen LogP contribution in [-0.2, 0) is 12.4 Å². The third-order valence-corrected chi connectivity index (χ3v) is 7.34. The number of alkyl halides is 6. The van der Waals surface area contributed by atoms with E-state index in [4.69, 9.17) is 11.6 Å². The number of anilines is 1. The van der Waals surface area contributed by atoms with E-state index in [9.17, 15) is 31.1 Å². The maximum absolute atomic E-state index is 13.5. The van der Waals surface area contributed by atoms with E-state index in [2.05, 4.69) is 20.3 Å². The lowest BCUT2D eigenvalue weighted by Gasteiger charge is -2.37. The SMILES string of the molecule is CN(c1cc(C(F)(F)F)nc2ccc(Cl)cc12)C1CCC(NC(=O)c2c[nH]c3ncc(C(F)(F)F)cc23)CC1. The zero-order valence-electron chi connectivity index (χ0n) is 20.4. The molecule has 0 atom stereocenters. The van der Waals surface area contributed by atoms with E-state index in [0.717, 1.165) is 12.1 Å². The standard InChI is InChI=1S/C26H22ClF6N5O/c1-38(21-10-22(26(31,32)33)37-20-7-2-14(27)9-18(20)21)16-5-3-15(4-6-16)36-24(39)19-12-35-23-17(19)8-13(11-34-23)25(28,29)30/h2,7-12,15-16H,3-6H2,1H3,(H,34,35)(H,36,39). The second-order valence-electron chi connectivity index (χ2n) is 9.60. The summed E-state index contributed by atoms with van der Waals surface area (Å²) in [6, 6.07) is 6.07. The highest BCUT2D eigenvalue weighted by molar-refractivity contribution is 6.31. The van der Waals surface area contributed by atoms with E-state index in [1.807, 2.05) is 0 Å². The van der Waals surface area contributed by atoms with Crippen LogP contribution in [0.3, 0.4) is 0 Å². The molecule has 5 rings (SSSR count). The predicted octanol–water partition coefficient (Wildman–Crippen LogP) is 6.98. The third-order valence-electron chi connectivity index (χ3n) is 7.10. The third kappa shape index (κ3) is 5.47. The van der Waals surface area contributed by atoms with Gasteiger partial charge in [-0.25, -0.2) is 9.97 Å². The summed E-state index contributed by atoms with van der Waals surface area (Å²) in [5, 5.41) is 3.82. The van der Waals surface area contributed by atoms with Crippen LogP contribution in [-0.4, -0.2) is 40.0 Å². The highest BCUT2D eigenvalue weighted by Gasteiger charge is 2.35. The molecule has 3 aromatic heterocycles. The minimum absolute atomic E-state index is 0.0580. The average Bonchev–Trinajstić information content (AvgIpc) is 3.30. The first-order valence-corrected chi connectivity index (χ1v) is 12.4. The fourth-order valence-corrected chi connectivity index (χ4v) is 5.20. The van der Waals surface area contributed by atoms with Gasteiger partial charge in [-0.3, -0.25) is 4.79 Å². The van der Waals surface area contributed by atoms with Crippen LogP contribution in [0.25, 0.3) is 21.9 Å². The van der Waals surface area contributed by atoms with Crippen LogP contribution in [0.4, 0.5) is 32.0 Å². The van der Waals surface area contributed by atoms with Gasteiger partial charge in [0.25, 0.3) is 5.91 Å². The molecule has 1 aliphatic rings. The Morgan fingerprint density at radius 3 is 2.41 bits per heavy atom. The Bertz CT molecular complexity index is 1540. The van der Waals surface area contributed by atoms with Crippen molar-refractivity contribution < 1.29 is 31.1 Å². The smallest absolute Gasteiger partial charge is 0.371 e. The first-order chi connectivity index (χ1) is 18.3. The summed E-state index contributed by atoms with van der Waals surface area (Å²) in [4.78, 5) is 24.9. The largest absolute Gasteiger partial charge is 0.433 e. The summed E-state index contributed by atoms with van der Waals surface area (Å²) < 4.78 is 80.0. The summed E-state index contributed by atoms with van der Waals surface area (Å²) >= 11 is 6.12. The maximum atomic E-state index is 13.5. The molecular weight excluding hydrogens is 548 g/mol. The number of fused-ring (bicyclic) bond motifs is 2. The molecule has 1 fully saturated rings. The van der Waals surface area contributed by atoms with E-state index < -0.39 is 29.5 Å². The van der Waals surface area contributed by atoms with Gasteiger partial charge in [-0.15, -0.1) is 0 Å². The van der Waals surface area contributed by atoms with Crippen LogP contribution in [0.1, 0.15) is 47.3 Å². The van der Waals surface area contributed by atoms with Crippen LogP contribution in [0.5, 0.6) is 0 Å². The van der Waals surface area contributed by atoms with Crippen LogP contribution in [0.2, 0.25) is 5.02 Å². The van der Waals surface area contributed by atoms with Crippen molar-refractivity contribution in [1.29, 1.82) is 0 Å². The molecule has 1 aliphatic carbocycles. The van der Waals surface area contributed by atoms with Gasteiger partial charge in [0.15, 0.2) is 0 Å². The lowest BCUT2D eigenvalue weighted by atomic mass is 9.89. The number of pyridine rings is 2. The zero-order chi connectivity index (χ0) is 28.1. The van der Waals surface area contributed by atoms with Crippen molar-refractivity contribution in [1.82, 2.24) is 20.3 Å². The molecule has 1 amide bonds. The van der Waals surface area contributed by atoms with Crippen molar-refractivity contribution in [3.05, 3.63) is 64.6 Å². The van der Waals surface area contributed by atoms with Gasteiger partial charge in [0, 0.05) is 53.0 Å². The van der Waals surface area contributed by atoms with Gasteiger partial charge in [-0.05, 0) is 56.0 Å². The number of nitrogens with zero attached hydrogens (tertiary/aromatic N) is 3. The molecule has 39 heavy (non-hydrogen) atoms. The molecule has 0 aliphatic heterocycles. The predicted molar refractivity (Wildman–Crippen MR) is 135 cm³/mol. The minimum Gasteiger partial charge on any atom is -0.371 e. The van der Waals surface area contributed by atoms with Crippen LogP contribution < -0.4 is 10.2 Å². The monoisotopic (exact) mass is 569 g/mol. The Kier molecular flexibility index (Phi) is 6.86. The normalized spacial score (nSPS) is 18.5. The lowest BCUT2D eigenvalue weighted by Crippen LogP contribution is -2.43. The number of carbonyl (C=O) groups is 1. The molecule has 206 valence electrons. The molecule has 0 unspecified atom stereocenters. The Hall–Kier alpha value is -3.54. The van der Waals surface area contributed by atoms with Crippen molar-refractivity contribution in [2.45, 2.75) is 50.1 Å². The summed E-state index contributed by atoms with van der Waals surface area (Å²) in [5.74, 6) is -0.524. The van der Waals surface area contributed by atoms with Gasteiger partial charge in [0.05, 0.1) is 16.6 Å². The molecule has 2 N–H and O–H groups in total. The van der Waals surface area contributed by atoms with Crippen molar-refractivity contribution >= 4 is 45.1 Å². The number of hydrogen-bond acceptors (Lipinski definition) is 4. The zero-order valence-corrected chi connectivity index (χ0v) is 21.2. The Labute approximate surface area is 223 Å². The number of amides is 1. The van der Waals surface area contributed by atoms with Crippen molar-refractivity contribution in [2.75, 3.05) is 11.9 Å². The molecule has 6 nitrogen and oxygen atoms in total. The van der Waals surface area contributed by atoms with E-state index in [0.29, 0.717) is 48.0 Å². The van der Waals surface area contributed by atoms with Gasteiger partial charge in [0.2, 0.25) is 0 Å². The first-order valence-electron chi connectivity index (χ1n) is 12.1. The first kappa shape index (κ1) is 27.0. The highest BCUT2D eigenvalue weighted by atomic mass is 35.5. The molecule has 0 bridgehead atoms. The fourth-order valence-electron chi connectivity index (χ4n) is 5.03. The molecule has 0 saturated heterocycles. The Morgan fingerprint density at radius 2 is 1.74 bits per heavy atom. The van der Waals surface area contributed by atoms with Gasteiger partial charge < -0.3 is 15.2 Å². The molecule has 0 spiro atoms. The highest BCUT2D eigenvalue weighted by Crippen LogP contribution is 2.38. The summed E-state index contributed by atoms with van der Waals surface area (Å²) in [6.07, 6.45) is -4.98. The number of halogens is 7. The average molecular weight is 570 g/mol. The second kappa shape index (κ2) is 9.89. The number of rotatable bonds is 4. The number of hydrogen-bond donors (Lipinski definition) is 2. The molecule has 3 heterocycles. The number of H-pyrrole nitrogens is 1. The Balaban J connectivity index is 1.31. The van der Waals surface area contributed by atoms with E-state index >= 15 is 0 Å². The van der Waals surface area contributed by atoms with Crippen LogP contribution in [0.15, 0.2) is 42.7 Å². The maximum Gasteiger partial charge on any atom is 0.433 e. The van der Waals surface area contributed by atoms with Crippen LogP contribution >= 0.6 is 11.6 Å². The summed E-state index contributed by atoms with van der Waals surface area (Å²) in [7, 11) is 1.72. The molecule has 13 heteroatoms. The van der Waals surface area contributed by atoms with Crippen molar-refractivity contribution in [3.8, 4) is 0 Å². The topological polar surface area (TPSA) is 73.9 Å². The van der Waals surface area contributed by atoms with Crippen molar-refractivity contribution in [3.63, 3.8) is 0 Å². The molecule has 4 aromatic rings. The van der Waals surface area contributed by atoms with E-state index in [1.165, 1.54) is 18.3 Å². The Morgan fingerprint density at radius 1 is 1.03 bits per heavy atom. The van der Waals surface area contributed by atoms with Gasteiger partial charge in [-0.2, -0.15) is 26.3 Å². The van der Waals surface area contributed by atoms with Gasteiger partial charge >= 0.3 is 12.4 Å². The number of benzene rings is 1. The van der Waals surface area contributed by atoms with E-state index in [-0.39, 0.29) is 34.2 Å². The number of aromatic nitrogens is 3. The van der Waals surface area contributed by atoms with Gasteiger partial charge in [-0.1, -0.05) is 11.6 Å². The second-order valence-corrected chi connectivity index (χ2v) is 10.0. The number of nitrogens with one attached hydrogen (secondary N) is 2. The van der Waals surface area contributed by atoms with E-state index in [1.54, 1.807) is 18.0 Å². The minimum atomic E-state index is -4.62. The fraction of sp³-hybridized carbons (Fsp3) is 0.346. The molecule has 1 aromatic carbocycles.